The Hall–Kier alpha value is -3.36. The number of benzene rings is 3. The normalized spacial score (nSPS) is 12.0. The Morgan fingerprint density at radius 1 is 0.868 bits per heavy atom. The predicted molar refractivity (Wildman–Crippen MR) is 152 cm³/mol. The molecule has 7 nitrogen and oxygen atoms in total. The van der Waals surface area contributed by atoms with Gasteiger partial charge in [0.1, 0.15) is 12.6 Å². The molecule has 2 amide bonds. The Bertz CT molecular complexity index is 1340. The van der Waals surface area contributed by atoms with Crippen LogP contribution in [0, 0.1) is 13.8 Å². The van der Waals surface area contributed by atoms with Gasteiger partial charge in [-0.3, -0.25) is 13.9 Å². The highest BCUT2D eigenvalue weighted by atomic mass is 35.5. The van der Waals surface area contributed by atoms with Crippen LogP contribution < -0.4 is 9.62 Å². The fourth-order valence-corrected chi connectivity index (χ4v) is 5.62. The third kappa shape index (κ3) is 7.14. The smallest absolute Gasteiger partial charge is 0.264 e. The highest BCUT2D eigenvalue weighted by Crippen LogP contribution is 2.25. The van der Waals surface area contributed by atoms with Gasteiger partial charge in [0.05, 0.1) is 10.6 Å². The number of rotatable bonds is 11. The van der Waals surface area contributed by atoms with Crippen molar-refractivity contribution in [3.05, 3.63) is 94.5 Å². The number of nitrogens with one attached hydrogen (secondary N) is 1. The number of carbonyl (C=O) groups excluding carboxylic acids is 2. The van der Waals surface area contributed by atoms with Crippen LogP contribution in [0.3, 0.4) is 0 Å². The van der Waals surface area contributed by atoms with Crippen molar-refractivity contribution >= 4 is 39.1 Å². The molecule has 3 rings (SSSR count). The minimum absolute atomic E-state index is 0.0801. The molecule has 3 aromatic rings. The number of halogens is 1. The van der Waals surface area contributed by atoms with Gasteiger partial charge in [0.2, 0.25) is 11.8 Å². The first-order valence-corrected chi connectivity index (χ1v) is 14.4. The molecule has 0 heterocycles. The second kappa shape index (κ2) is 12.9. The third-order valence-corrected chi connectivity index (χ3v) is 8.25. The van der Waals surface area contributed by atoms with Crippen molar-refractivity contribution < 1.29 is 18.0 Å². The van der Waals surface area contributed by atoms with E-state index in [-0.39, 0.29) is 17.3 Å². The summed E-state index contributed by atoms with van der Waals surface area (Å²) < 4.78 is 28.7. The van der Waals surface area contributed by atoms with Crippen LogP contribution in [0.5, 0.6) is 0 Å². The van der Waals surface area contributed by atoms with Crippen LogP contribution in [-0.4, -0.2) is 44.3 Å². The molecule has 3 aromatic carbocycles. The van der Waals surface area contributed by atoms with Crippen LogP contribution in [0.25, 0.3) is 0 Å². The van der Waals surface area contributed by atoms with Gasteiger partial charge in [-0.2, -0.15) is 0 Å². The molecular formula is C29H34ClN3O4S. The first kappa shape index (κ1) is 29.2. The number of anilines is 1. The highest BCUT2D eigenvalue weighted by molar-refractivity contribution is 7.92. The van der Waals surface area contributed by atoms with Crippen molar-refractivity contribution in [3.8, 4) is 0 Å². The lowest BCUT2D eigenvalue weighted by molar-refractivity contribution is -0.140. The molecule has 202 valence electrons. The first-order chi connectivity index (χ1) is 18.1. The average Bonchev–Trinajstić information content (AvgIpc) is 2.89. The molecule has 0 bridgehead atoms. The molecule has 0 aliphatic heterocycles. The second-order valence-corrected chi connectivity index (χ2v) is 11.4. The van der Waals surface area contributed by atoms with Gasteiger partial charge in [0.15, 0.2) is 0 Å². The molecule has 0 saturated carbocycles. The van der Waals surface area contributed by atoms with Crippen molar-refractivity contribution in [2.75, 3.05) is 17.4 Å². The van der Waals surface area contributed by atoms with Crippen LogP contribution in [0.15, 0.2) is 77.7 Å². The SMILES string of the molecule is CCNC(=O)[C@H](CC)N(Cc1ccc(Cl)cc1)C(=O)CN(c1ccc(C)cc1)S(=O)(=O)c1ccc(C)cc1. The highest BCUT2D eigenvalue weighted by Gasteiger charge is 2.33. The molecule has 0 fully saturated rings. The fraction of sp³-hybridized carbons (Fsp3) is 0.310. The number of hydrogen-bond donors (Lipinski definition) is 1. The molecule has 9 heteroatoms. The molecule has 0 unspecified atom stereocenters. The second-order valence-electron chi connectivity index (χ2n) is 9.13. The molecule has 1 N–H and O–H groups in total. The molecule has 0 aromatic heterocycles. The molecule has 0 aliphatic carbocycles. The van der Waals surface area contributed by atoms with Crippen LogP contribution in [-0.2, 0) is 26.2 Å². The Labute approximate surface area is 230 Å². The van der Waals surface area contributed by atoms with E-state index in [9.17, 15) is 18.0 Å². The summed E-state index contributed by atoms with van der Waals surface area (Å²) >= 11 is 6.04. The number of carbonyl (C=O) groups is 2. The monoisotopic (exact) mass is 555 g/mol. The lowest BCUT2D eigenvalue weighted by atomic mass is 10.1. The summed E-state index contributed by atoms with van der Waals surface area (Å²) in [4.78, 5) is 28.4. The van der Waals surface area contributed by atoms with Gasteiger partial charge in [-0.1, -0.05) is 66.0 Å². The van der Waals surface area contributed by atoms with Crippen molar-refractivity contribution in [2.24, 2.45) is 0 Å². The van der Waals surface area contributed by atoms with Gasteiger partial charge < -0.3 is 10.2 Å². The standard InChI is InChI=1S/C29H34ClN3O4S/c1-5-27(29(35)31-6-2)32(19-23-11-13-24(30)14-12-23)28(34)20-33(25-15-7-21(3)8-16-25)38(36,37)26-17-9-22(4)10-18-26/h7-18,27H,5-6,19-20H2,1-4H3,(H,31,35)/t27-/m0/s1. The molecule has 0 radical (unpaired) electrons. The minimum Gasteiger partial charge on any atom is -0.355 e. The largest absolute Gasteiger partial charge is 0.355 e. The zero-order valence-electron chi connectivity index (χ0n) is 22.1. The number of hydrogen-bond acceptors (Lipinski definition) is 4. The van der Waals surface area contributed by atoms with E-state index < -0.39 is 28.5 Å². The summed E-state index contributed by atoms with van der Waals surface area (Å²) in [5.74, 6) is -0.782. The zero-order chi connectivity index (χ0) is 27.9. The summed E-state index contributed by atoms with van der Waals surface area (Å²) in [5.41, 5.74) is 3.01. The van der Waals surface area contributed by atoms with E-state index in [1.165, 1.54) is 17.0 Å². The molecular weight excluding hydrogens is 522 g/mol. The van der Waals surface area contributed by atoms with Crippen LogP contribution in [0.4, 0.5) is 5.69 Å². The maximum atomic E-state index is 13.9. The van der Waals surface area contributed by atoms with Gasteiger partial charge in [0.25, 0.3) is 10.0 Å². The quantitative estimate of drug-likeness (QED) is 0.357. The number of likely N-dealkylation sites (N-methyl/N-ethyl adjacent to an activating group) is 1. The molecule has 0 saturated heterocycles. The number of amides is 2. The van der Waals surface area contributed by atoms with E-state index in [4.69, 9.17) is 11.6 Å². The van der Waals surface area contributed by atoms with Gasteiger partial charge in [-0.15, -0.1) is 0 Å². The predicted octanol–water partition coefficient (Wildman–Crippen LogP) is 5.10. The Balaban J connectivity index is 2.04. The lowest BCUT2D eigenvalue weighted by Crippen LogP contribution is -2.52. The summed E-state index contributed by atoms with van der Waals surface area (Å²) in [7, 11) is -4.09. The Morgan fingerprint density at radius 2 is 1.42 bits per heavy atom. The third-order valence-electron chi connectivity index (χ3n) is 6.21. The summed E-state index contributed by atoms with van der Waals surface area (Å²) in [6, 6.07) is 19.7. The summed E-state index contributed by atoms with van der Waals surface area (Å²) in [6.45, 7) is 7.47. The van der Waals surface area contributed by atoms with Gasteiger partial charge in [0, 0.05) is 18.1 Å². The summed E-state index contributed by atoms with van der Waals surface area (Å²) in [5, 5.41) is 3.35. The van der Waals surface area contributed by atoms with Crippen LogP contribution in [0.1, 0.15) is 37.0 Å². The zero-order valence-corrected chi connectivity index (χ0v) is 23.7. The molecule has 0 aliphatic rings. The van der Waals surface area contributed by atoms with Crippen LogP contribution in [0.2, 0.25) is 5.02 Å². The van der Waals surface area contributed by atoms with E-state index >= 15 is 0 Å². The number of aryl methyl sites for hydroxylation is 2. The summed E-state index contributed by atoms with van der Waals surface area (Å²) in [6.07, 6.45) is 0.362. The first-order valence-electron chi connectivity index (χ1n) is 12.5. The van der Waals surface area contributed by atoms with E-state index in [1.54, 1.807) is 60.7 Å². The van der Waals surface area contributed by atoms with Gasteiger partial charge in [-0.25, -0.2) is 8.42 Å². The topological polar surface area (TPSA) is 86.8 Å². The Morgan fingerprint density at radius 3 is 1.95 bits per heavy atom. The number of sulfonamides is 1. The maximum Gasteiger partial charge on any atom is 0.264 e. The Kier molecular flexibility index (Phi) is 9.94. The molecule has 0 spiro atoms. The molecule has 38 heavy (non-hydrogen) atoms. The fourth-order valence-electron chi connectivity index (χ4n) is 4.08. The van der Waals surface area contributed by atoms with E-state index in [0.717, 1.165) is 21.0 Å². The maximum absolute atomic E-state index is 13.9. The average molecular weight is 556 g/mol. The van der Waals surface area contributed by atoms with Crippen LogP contribution >= 0.6 is 11.6 Å². The molecule has 1 atom stereocenters. The van der Waals surface area contributed by atoms with E-state index in [0.29, 0.717) is 23.7 Å². The van der Waals surface area contributed by atoms with Crippen molar-refractivity contribution in [2.45, 2.75) is 51.6 Å². The van der Waals surface area contributed by atoms with Crippen molar-refractivity contribution in [3.63, 3.8) is 0 Å². The minimum atomic E-state index is -4.09. The van der Waals surface area contributed by atoms with Crippen molar-refractivity contribution in [1.29, 1.82) is 0 Å². The van der Waals surface area contributed by atoms with Gasteiger partial charge >= 0.3 is 0 Å². The van der Waals surface area contributed by atoms with Gasteiger partial charge in [-0.05, 0) is 69.2 Å². The lowest BCUT2D eigenvalue weighted by Gasteiger charge is -2.33. The van der Waals surface area contributed by atoms with Crippen molar-refractivity contribution in [1.82, 2.24) is 10.2 Å². The van der Waals surface area contributed by atoms with E-state index in [1.807, 2.05) is 27.7 Å². The number of nitrogens with zero attached hydrogens (tertiary/aromatic N) is 2. The van der Waals surface area contributed by atoms with E-state index in [2.05, 4.69) is 5.32 Å².